The standard InChI is InChI=1S/C15H11BrN2O2/c16-12-5-11(9-19)15(18-7-12)20-13-6-10-3-1-2-4-14(10)17-8-13/h1-8,19H,9H2. The van der Waals surface area contributed by atoms with E-state index in [4.69, 9.17) is 4.74 Å². The Hall–Kier alpha value is -1.98. The molecule has 0 saturated heterocycles. The summed E-state index contributed by atoms with van der Waals surface area (Å²) in [5.41, 5.74) is 1.53. The van der Waals surface area contributed by atoms with E-state index in [2.05, 4.69) is 25.9 Å². The third-order valence-electron chi connectivity index (χ3n) is 2.84. The van der Waals surface area contributed by atoms with Gasteiger partial charge in [0.25, 0.3) is 0 Å². The number of hydrogen-bond donors (Lipinski definition) is 1. The molecular weight excluding hydrogens is 320 g/mol. The molecule has 20 heavy (non-hydrogen) atoms. The van der Waals surface area contributed by atoms with Crippen LogP contribution < -0.4 is 4.74 Å². The number of aliphatic hydroxyl groups excluding tert-OH is 1. The van der Waals surface area contributed by atoms with Gasteiger partial charge in [-0.1, -0.05) is 18.2 Å². The smallest absolute Gasteiger partial charge is 0.224 e. The average Bonchev–Trinajstić information content (AvgIpc) is 2.49. The maximum absolute atomic E-state index is 9.34. The minimum Gasteiger partial charge on any atom is -0.437 e. The minimum atomic E-state index is -0.136. The van der Waals surface area contributed by atoms with Crippen LogP contribution in [0.3, 0.4) is 0 Å². The van der Waals surface area contributed by atoms with Crippen molar-refractivity contribution in [3.8, 4) is 11.6 Å². The molecule has 0 spiro atoms. The number of nitrogens with zero attached hydrogens (tertiary/aromatic N) is 2. The van der Waals surface area contributed by atoms with Gasteiger partial charge in [0.1, 0.15) is 5.75 Å². The zero-order chi connectivity index (χ0) is 13.9. The third kappa shape index (κ3) is 2.64. The first kappa shape index (κ1) is 13.0. The number of ether oxygens (including phenoxy) is 1. The maximum atomic E-state index is 9.34. The van der Waals surface area contributed by atoms with Crippen LogP contribution in [0.5, 0.6) is 11.6 Å². The lowest BCUT2D eigenvalue weighted by molar-refractivity contribution is 0.275. The van der Waals surface area contributed by atoms with Crippen LogP contribution in [0.2, 0.25) is 0 Å². The number of rotatable bonds is 3. The highest BCUT2D eigenvalue weighted by Gasteiger charge is 2.07. The average molecular weight is 331 g/mol. The van der Waals surface area contributed by atoms with Crippen molar-refractivity contribution < 1.29 is 9.84 Å². The number of benzene rings is 1. The monoisotopic (exact) mass is 330 g/mol. The molecule has 0 atom stereocenters. The van der Waals surface area contributed by atoms with E-state index in [9.17, 15) is 5.11 Å². The fourth-order valence-corrected chi connectivity index (χ4v) is 2.27. The fourth-order valence-electron chi connectivity index (χ4n) is 1.89. The molecule has 100 valence electrons. The molecule has 0 radical (unpaired) electrons. The van der Waals surface area contributed by atoms with Crippen molar-refractivity contribution in [1.29, 1.82) is 0 Å². The molecule has 4 nitrogen and oxygen atoms in total. The van der Waals surface area contributed by atoms with E-state index < -0.39 is 0 Å². The molecule has 5 heteroatoms. The second-order valence-corrected chi connectivity index (χ2v) is 5.16. The van der Waals surface area contributed by atoms with Crippen LogP contribution in [0.25, 0.3) is 10.9 Å². The molecular formula is C15H11BrN2O2. The molecule has 1 aromatic carbocycles. The van der Waals surface area contributed by atoms with E-state index in [0.29, 0.717) is 17.2 Å². The Bertz CT molecular complexity index is 762. The normalized spacial score (nSPS) is 10.7. The first-order valence-electron chi connectivity index (χ1n) is 6.04. The van der Waals surface area contributed by atoms with Crippen LogP contribution in [0.15, 0.2) is 53.3 Å². The first-order valence-corrected chi connectivity index (χ1v) is 6.83. The molecule has 0 bridgehead atoms. The third-order valence-corrected chi connectivity index (χ3v) is 3.28. The number of halogens is 1. The number of aliphatic hydroxyl groups is 1. The zero-order valence-corrected chi connectivity index (χ0v) is 12.0. The molecule has 0 amide bonds. The van der Waals surface area contributed by atoms with Gasteiger partial charge < -0.3 is 9.84 Å². The fraction of sp³-hybridized carbons (Fsp3) is 0.0667. The van der Waals surface area contributed by atoms with Crippen LogP contribution in [-0.2, 0) is 6.61 Å². The van der Waals surface area contributed by atoms with Crippen molar-refractivity contribution in [3.63, 3.8) is 0 Å². The predicted octanol–water partition coefficient (Wildman–Crippen LogP) is 3.68. The summed E-state index contributed by atoms with van der Waals surface area (Å²) in [6, 6.07) is 11.5. The van der Waals surface area contributed by atoms with E-state index in [1.807, 2.05) is 30.3 Å². The Labute approximate surface area is 124 Å². The Balaban J connectivity index is 1.96. The van der Waals surface area contributed by atoms with Crippen LogP contribution in [0.1, 0.15) is 5.56 Å². The lowest BCUT2D eigenvalue weighted by atomic mass is 10.2. The van der Waals surface area contributed by atoms with E-state index in [1.54, 1.807) is 18.5 Å². The van der Waals surface area contributed by atoms with Gasteiger partial charge in [-0.3, -0.25) is 4.98 Å². The van der Waals surface area contributed by atoms with Crippen molar-refractivity contribution in [3.05, 3.63) is 58.8 Å². The predicted molar refractivity (Wildman–Crippen MR) is 79.7 cm³/mol. The molecule has 3 aromatic rings. The Morgan fingerprint density at radius 1 is 1.10 bits per heavy atom. The van der Waals surface area contributed by atoms with Crippen molar-refractivity contribution in [2.75, 3.05) is 0 Å². The molecule has 3 rings (SSSR count). The summed E-state index contributed by atoms with van der Waals surface area (Å²) in [5.74, 6) is 0.973. The van der Waals surface area contributed by atoms with Crippen molar-refractivity contribution >= 4 is 26.8 Å². The van der Waals surface area contributed by atoms with Crippen LogP contribution in [-0.4, -0.2) is 15.1 Å². The van der Waals surface area contributed by atoms with Crippen molar-refractivity contribution in [1.82, 2.24) is 9.97 Å². The number of para-hydroxylation sites is 1. The van der Waals surface area contributed by atoms with Crippen LogP contribution in [0, 0.1) is 0 Å². The Morgan fingerprint density at radius 3 is 2.80 bits per heavy atom. The molecule has 2 heterocycles. The van der Waals surface area contributed by atoms with E-state index in [0.717, 1.165) is 15.4 Å². The van der Waals surface area contributed by atoms with Gasteiger partial charge in [-0.15, -0.1) is 0 Å². The molecule has 0 aliphatic carbocycles. The lowest BCUT2D eigenvalue weighted by Gasteiger charge is -2.09. The highest BCUT2D eigenvalue weighted by atomic mass is 79.9. The second-order valence-electron chi connectivity index (χ2n) is 4.24. The maximum Gasteiger partial charge on any atom is 0.224 e. The topological polar surface area (TPSA) is 55.2 Å². The van der Waals surface area contributed by atoms with Crippen molar-refractivity contribution in [2.45, 2.75) is 6.61 Å². The van der Waals surface area contributed by atoms with Crippen LogP contribution >= 0.6 is 15.9 Å². The molecule has 0 aliphatic rings. The summed E-state index contributed by atoms with van der Waals surface area (Å²) in [4.78, 5) is 8.49. The lowest BCUT2D eigenvalue weighted by Crippen LogP contribution is -1.95. The highest BCUT2D eigenvalue weighted by Crippen LogP contribution is 2.26. The first-order chi connectivity index (χ1) is 9.76. The molecule has 0 aliphatic heterocycles. The Morgan fingerprint density at radius 2 is 1.95 bits per heavy atom. The zero-order valence-electron chi connectivity index (χ0n) is 10.5. The van der Waals surface area contributed by atoms with Gasteiger partial charge in [-0.25, -0.2) is 4.98 Å². The van der Waals surface area contributed by atoms with Crippen LogP contribution in [0.4, 0.5) is 0 Å². The van der Waals surface area contributed by atoms with E-state index >= 15 is 0 Å². The molecule has 0 saturated carbocycles. The minimum absolute atomic E-state index is 0.136. The largest absolute Gasteiger partial charge is 0.437 e. The van der Waals surface area contributed by atoms with Gasteiger partial charge in [-0.05, 0) is 34.1 Å². The quantitative estimate of drug-likeness (QED) is 0.795. The van der Waals surface area contributed by atoms with Gasteiger partial charge in [-0.2, -0.15) is 0 Å². The molecule has 0 fully saturated rings. The van der Waals surface area contributed by atoms with Gasteiger partial charge in [0.2, 0.25) is 5.88 Å². The molecule has 1 N–H and O–H groups in total. The summed E-state index contributed by atoms with van der Waals surface area (Å²) in [7, 11) is 0. The van der Waals surface area contributed by atoms with Gasteiger partial charge in [0.15, 0.2) is 0 Å². The summed E-state index contributed by atoms with van der Waals surface area (Å²) in [5, 5.41) is 10.3. The van der Waals surface area contributed by atoms with E-state index in [1.165, 1.54) is 0 Å². The second kappa shape index (κ2) is 5.56. The van der Waals surface area contributed by atoms with Crippen molar-refractivity contribution in [2.24, 2.45) is 0 Å². The Kier molecular flexibility index (Phi) is 3.62. The summed E-state index contributed by atoms with van der Waals surface area (Å²) < 4.78 is 6.51. The van der Waals surface area contributed by atoms with Gasteiger partial charge in [0, 0.05) is 21.6 Å². The molecule has 2 aromatic heterocycles. The number of hydrogen-bond acceptors (Lipinski definition) is 4. The number of fused-ring (bicyclic) bond motifs is 1. The molecule has 0 unspecified atom stereocenters. The van der Waals surface area contributed by atoms with Gasteiger partial charge in [0.05, 0.1) is 18.3 Å². The highest BCUT2D eigenvalue weighted by molar-refractivity contribution is 9.10. The summed E-state index contributed by atoms with van der Waals surface area (Å²) in [6.07, 6.45) is 3.27. The van der Waals surface area contributed by atoms with Gasteiger partial charge >= 0.3 is 0 Å². The number of pyridine rings is 2. The SMILES string of the molecule is OCc1cc(Br)cnc1Oc1cnc2ccccc2c1. The summed E-state index contributed by atoms with van der Waals surface area (Å²) in [6.45, 7) is -0.136. The van der Waals surface area contributed by atoms with E-state index in [-0.39, 0.29) is 6.61 Å². The summed E-state index contributed by atoms with van der Waals surface area (Å²) >= 11 is 3.31. The number of aromatic nitrogens is 2.